The standard InChI is InChI=1S/C23H24N2O3S/c24-15-17-9-5-7-13-20(17)29-21-14-8-6-12-19(21)23(27)28-16-22(26)25-18-10-3-1-2-4-11-18/h5-9,12-14,18H,1-4,10-11,16H2,(H,25,26). The molecule has 1 aliphatic rings. The molecule has 0 aliphatic heterocycles. The van der Waals surface area contributed by atoms with Crippen molar-refractivity contribution in [1.82, 2.24) is 5.32 Å². The van der Waals surface area contributed by atoms with E-state index in [0.29, 0.717) is 16.0 Å². The molecule has 0 bridgehead atoms. The summed E-state index contributed by atoms with van der Waals surface area (Å²) in [4.78, 5) is 26.2. The third-order valence-corrected chi connectivity index (χ3v) is 6.04. The van der Waals surface area contributed by atoms with Gasteiger partial charge in [0, 0.05) is 15.8 Å². The number of carbonyl (C=O) groups excluding carboxylic acids is 2. The maximum atomic E-state index is 12.6. The van der Waals surface area contributed by atoms with Crippen LogP contribution in [0, 0.1) is 11.3 Å². The number of nitriles is 1. The summed E-state index contributed by atoms with van der Waals surface area (Å²) in [6.07, 6.45) is 6.64. The van der Waals surface area contributed by atoms with Crippen LogP contribution in [0.3, 0.4) is 0 Å². The maximum Gasteiger partial charge on any atom is 0.339 e. The number of nitrogens with one attached hydrogen (secondary N) is 1. The fourth-order valence-corrected chi connectivity index (χ4v) is 4.41. The summed E-state index contributed by atoms with van der Waals surface area (Å²) in [5.41, 5.74) is 0.927. The summed E-state index contributed by atoms with van der Waals surface area (Å²) in [6.45, 7) is -0.289. The van der Waals surface area contributed by atoms with Crippen LogP contribution in [-0.4, -0.2) is 24.5 Å². The second-order valence-electron chi connectivity index (χ2n) is 7.04. The van der Waals surface area contributed by atoms with Crippen molar-refractivity contribution >= 4 is 23.6 Å². The first kappa shape index (κ1) is 20.9. The van der Waals surface area contributed by atoms with Crippen molar-refractivity contribution in [1.29, 1.82) is 5.26 Å². The van der Waals surface area contributed by atoms with Gasteiger partial charge in [0.2, 0.25) is 0 Å². The predicted molar refractivity (Wildman–Crippen MR) is 112 cm³/mol. The van der Waals surface area contributed by atoms with E-state index in [4.69, 9.17) is 4.74 Å². The Bertz CT molecular complexity index is 899. The van der Waals surface area contributed by atoms with Crippen molar-refractivity contribution < 1.29 is 14.3 Å². The van der Waals surface area contributed by atoms with E-state index < -0.39 is 5.97 Å². The Hall–Kier alpha value is -2.78. The van der Waals surface area contributed by atoms with Gasteiger partial charge in [-0.3, -0.25) is 4.79 Å². The largest absolute Gasteiger partial charge is 0.452 e. The molecule has 0 radical (unpaired) electrons. The van der Waals surface area contributed by atoms with Gasteiger partial charge in [0.1, 0.15) is 6.07 Å². The fourth-order valence-electron chi connectivity index (χ4n) is 3.39. The van der Waals surface area contributed by atoms with Crippen LogP contribution in [0.5, 0.6) is 0 Å². The maximum absolute atomic E-state index is 12.6. The summed E-state index contributed by atoms with van der Waals surface area (Å²) >= 11 is 1.33. The average molecular weight is 409 g/mol. The van der Waals surface area contributed by atoms with E-state index >= 15 is 0 Å². The molecule has 0 heterocycles. The molecule has 0 saturated heterocycles. The number of benzene rings is 2. The second-order valence-corrected chi connectivity index (χ2v) is 8.12. The summed E-state index contributed by atoms with van der Waals surface area (Å²) in [6, 6.07) is 16.6. The van der Waals surface area contributed by atoms with Crippen LogP contribution in [-0.2, 0) is 9.53 Å². The van der Waals surface area contributed by atoms with Crippen LogP contribution in [0.2, 0.25) is 0 Å². The minimum absolute atomic E-state index is 0.175. The van der Waals surface area contributed by atoms with Crippen molar-refractivity contribution in [2.45, 2.75) is 54.4 Å². The van der Waals surface area contributed by atoms with Gasteiger partial charge in [-0.1, -0.05) is 61.7 Å². The van der Waals surface area contributed by atoms with Crippen molar-refractivity contribution in [3.63, 3.8) is 0 Å². The molecule has 1 saturated carbocycles. The van der Waals surface area contributed by atoms with Crippen LogP contribution >= 0.6 is 11.8 Å². The third kappa shape index (κ3) is 6.10. The summed E-state index contributed by atoms with van der Waals surface area (Å²) in [5.74, 6) is -0.802. The number of rotatable bonds is 6. The van der Waals surface area contributed by atoms with E-state index in [2.05, 4.69) is 11.4 Å². The molecule has 150 valence electrons. The van der Waals surface area contributed by atoms with E-state index in [1.807, 2.05) is 18.2 Å². The van der Waals surface area contributed by atoms with Gasteiger partial charge < -0.3 is 10.1 Å². The first-order valence-corrected chi connectivity index (χ1v) is 10.7. The van der Waals surface area contributed by atoms with Gasteiger partial charge in [-0.25, -0.2) is 4.79 Å². The van der Waals surface area contributed by atoms with Crippen molar-refractivity contribution in [2.24, 2.45) is 0 Å². The summed E-state index contributed by atoms with van der Waals surface area (Å²) in [7, 11) is 0. The van der Waals surface area contributed by atoms with Gasteiger partial charge in [0.25, 0.3) is 5.91 Å². The number of esters is 1. The number of carbonyl (C=O) groups is 2. The Morgan fingerprint density at radius 1 is 1.00 bits per heavy atom. The molecule has 1 N–H and O–H groups in total. The van der Waals surface area contributed by atoms with E-state index in [0.717, 1.165) is 30.6 Å². The minimum atomic E-state index is -0.543. The first-order valence-electron chi connectivity index (χ1n) is 9.90. The van der Waals surface area contributed by atoms with Crippen molar-refractivity contribution in [3.8, 4) is 6.07 Å². The molecule has 0 unspecified atom stereocenters. The molecular formula is C23H24N2O3S. The van der Waals surface area contributed by atoms with Crippen LogP contribution in [0.25, 0.3) is 0 Å². The molecule has 0 aromatic heterocycles. The Morgan fingerprint density at radius 2 is 1.66 bits per heavy atom. The molecule has 0 atom stereocenters. The Morgan fingerprint density at radius 3 is 2.38 bits per heavy atom. The van der Waals surface area contributed by atoms with Gasteiger partial charge in [0.15, 0.2) is 6.61 Å². The van der Waals surface area contributed by atoms with Gasteiger partial charge in [-0.2, -0.15) is 5.26 Å². The van der Waals surface area contributed by atoms with Gasteiger partial charge in [0.05, 0.1) is 11.1 Å². The molecule has 1 fully saturated rings. The highest BCUT2D eigenvalue weighted by Crippen LogP contribution is 2.32. The monoisotopic (exact) mass is 408 g/mol. The van der Waals surface area contributed by atoms with Crippen LogP contribution < -0.4 is 5.32 Å². The third-order valence-electron chi connectivity index (χ3n) is 4.89. The zero-order chi connectivity index (χ0) is 20.5. The van der Waals surface area contributed by atoms with E-state index in [9.17, 15) is 14.9 Å². The van der Waals surface area contributed by atoms with E-state index in [1.165, 1.54) is 24.6 Å². The summed E-state index contributed by atoms with van der Waals surface area (Å²) in [5, 5.41) is 12.3. The quantitative estimate of drug-likeness (QED) is 0.553. The lowest BCUT2D eigenvalue weighted by Gasteiger charge is -2.16. The zero-order valence-electron chi connectivity index (χ0n) is 16.2. The molecule has 0 spiro atoms. The Balaban J connectivity index is 1.61. The highest BCUT2D eigenvalue weighted by Gasteiger charge is 2.18. The molecule has 5 nitrogen and oxygen atoms in total. The van der Waals surface area contributed by atoms with Crippen LogP contribution in [0.15, 0.2) is 58.3 Å². The van der Waals surface area contributed by atoms with Gasteiger partial charge in [-0.15, -0.1) is 0 Å². The lowest BCUT2D eigenvalue weighted by atomic mass is 10.1. The predicted octanol–water partition coefficient (Wildman–Crippen LogP) is 4.71. The highest BCUT2D eigenvalue weighted by atomic mass is 32.2. The fraction of sp³-hybridized carbons (Fsp3) is 0.348. The lowest BCUT2D eigenvalue weighted by Crippen LogP contribution is -2.37. The number of hydrogen-bond acceptors (Lipinski definition) is 5. The lowest BCUT2D eigenvalue weighted by molar-refractivity contribution is -0.125. The van der Waals surface area contributed by atoms with Gasteiger partial charge in [-0.05, 0) is 37.1 Å². The number of hydrogen-bond donors (Lipinski definition) is 1. The zero-order valence-corrected chi connectivity index (χ0v) is 17.0. The van der Waals surface area contributed by atoms with Crippen molar-refractivity contribution in [2.75, 3.05) is 6.61 Å². The van der Waals surface area contributed by atoms with E-state index in [-0.39, 0.29) is 18.6 Å². The number of ether oxygens (including phenoxy) is 1. The molecule has 29 heavy (non-hydrogen) atoms. The van der Waals surface area contributed by atoms with Crippen LogP contribution in [0.4, 0.5) is 0 Å². The Kier molecular flexibility index (Phi) is 7.71. The highest BCUT2D eigenvalue weighted by molar-refractivity contribution is 7.99. The number of amides is 1. The normalized spacial score (nSPS) is 14.4. The molecule has 2 aromatic carbocycles. The number of nitrogens with zero attached hydrogens (tertiary/aromatic N) is 1. The van der Waals surface area contributed by atoms with Crippen LogP contribution in [0.1, 0.15) is 54.4 Å². The average Bonchev–Trinajstić information content (AvgIpc) is 3.01. The first-order chi connectivity index (χ1) is 14.2. The topological polar surface area (TPSA) is 79.2 Å². The minimum Gasteiger partial charge on any atom is -0.452 e. The smallest absolute Gasteiger partial charge is 0.339 e. The summed E-state index contributed by atoms with van der Waals surface area (Å²) < 4.78 is 5.27. The molecular weight excluding hydrogens is 384 g/mol. The molecule has 2 aromatic rings. The van der Waals surface area contributed by atoms with E-state index in [1.54, 1.807) is 30.3 Å². The Labute approximate surface area is 175 Å². The SMILES string of the molecule is N#Cc1ccccc1Sc1ccccc1C(=O)OCC(=O)NC1CCCCCC1. The molecule has 6 heteroatoms. The molecule has 3 rings (SSSR count). The molecule has 1 aliphatic carbocycles. The second kappa shape index (κ2) is 10.7. The van der Waals surface area contributed by atoms with Crippen molar-refractivity contribution in [3.05, 3.63) is 59.7 Å². The molecule has 1 amide bonds. The van der Waals surface area contributed by atoms with Gasteiger partial charge >= 0.3 is 5.97 Å².